The minimum atomic E-state index is -1.11. The fourth-order valence-corrected chi connectivity index (χ4v) is 4.03. The Morgan fingerprint density at radius 3 is 2.36 bits per heavy atom. The monoisotopic (exact) mass is 446 g/mol. The van der Waals surface area contributed by atoms with E-state index in [2.05, 4.69) is 0 Å². The summed E-state index contributed by atoms with van der Waals surface area (Å²) in [7, 11) is 2.57. The number of para-hydroxylation sites is 1. The van der Waals surface area contributed by atoms with Crippen LogP contribution in [0.25, 0.3) is 22.3 Å². The molecule has 2 atom stereocenters. The molecule has 33 heavy (non-hydrogen) atoms. The van der Waals surface area contributed by atoms with E-state index in [1.54, 1.807) is 60.7 Å². The lowest BCUT2D eigenvalue weighted by Crippen LogP contribution is -2.31. The van der Waals surface area contributed by atoms with Crippen LogP contribution in [0.15, 0.2) is 74.3 Å². The first-order chi connectivity index (χ1) is 16.0. The van der Waals surface area contributed by atoms with Crippen molar-refractivity contribution in [3.05, 3.63) is 88.0 Å². The summed E-state index contributed by atoms with van der Waals surface area (Å²) in [6.45, 7) is 0. The molecule has 3 heterocycles. The Bertz CT molecular complexity index is 1430. The van der Waals surface area contributed by atoms with Gasteiger partial charge in [-0.25, -0.2) is 14.4 Å². The van der Waals surface area contributed by atoms with E-state index in [0.29, 0.717) is 33.6 Å². The normalized spacial score (nSPS) is 16.8. The molecule has 0 N–H and O–H groups in total. The van der Waals surface area contributed by atoms with Crippen molar-refractivity contribution in [3.8, 4) is 17.1 Å². The maximum absolute atomic E-state index is 12.9. The van der Waals surface area contributed by atoms with Crippen LogP contribution in [0, 0.1) is 0 Å². The molecule has 0 saturated heterocycles. The minimum absolute atomic E-state index is 0.200. The summed E-state index contributed by atoms with van der Waals surface area (Å²) in [6.07, 6.45) is -1.11. The largest absolute Gasteiger partial charge is 0.476 e. The van der Waals surface area contributed by atoms with Crippen LogP contribution >= 0.6 is 0 Å². The summed E-state index contributed by atoms with van der Waals surface area (Å²) in [5.41, 5.74) is 1.05. The van der Waals surface area contributed by atoms with Gasteiger partial charge in [0.25, 0.3) is 0 Å². The second kappa shape index (κ2) is 7.98. The van der Waals surface area contributed by atoms with E-state index in [0.717, 1.165) is 0 Å². The maximum atomic E-state index is 12.9. The van der Waals surface area contributed by atoms with Crippen molar-refractivity contribution < 1.29 is 32.6 Å². The van der Waals surface area contributed by atoms with Gasteiger partial charge in [0.2, 0.25) is 6.10 Å². The van der Waals surface area contributed by atoms with Crippen LogP contribution in [0.3, 0.4) is 0 Å². The molecule has 4 aromatic rings. The summed E-state index contributed by atoms with van der Waals surface area (Å²) in [5.74, 6) is -0.817. The highest BCUT2D eigenvalue weighted by atomic mass is 16.6. The van der Waals surface area contributed by atoms with Crippen molar-refractivity contribution in [3.63, 3.8) is 0 Å². The Hall–Kier alpha value is -4.33. The molecule has 0 fully saturated rings. The van der Waals surface area contributed by atoms with E-state index < -0.39 is 29.6 Å². The van der Waals surface area contributed by atoms with E-state index >= 15 is 0 Å². The van der Waals surface area contributed by atoms with Crippen LogP contribution in [0.2, 0.25) is 0 Å². The van der Waals surface area contributed by atoms with Gasteiger partial charge in [-0.05, 0) is 36.4 Å². The molecule has 2 aromatic carbocycles. The van der Waals surface area contributed by atoms with Crippen LogP contribution in [0.1, 0.15) is 27.6 Å². The van der Waals surface area contributed by atoms with E-state index in [4.69, 9.17) is 23.0 Å². The van der Waals surface area contributed by atoms with Crippen molar-refractivity contribution >= 4 is 22.9 Å². The molecule has 8 heteroatoms. The summed E-state index contributed by atoms with van der Waals surface area (Å²) in [6, 6.07) is 17.0. The average molecular weight is 446 g/mol. The topological polar surface area (TPSA) is 105 Å². The lowest BCUT2D eigenvalue weighted by Gasteiger charge is -2.14. The van der Waals surface area contributed by atoms with Gasteiger partial charge in [-0.3, -0.25) is 0 Å². The number of fused-ring (bicyclic) bond motifs is 3. The highest BCUT2D eigenvalue weighted by Crippen LogP contribution is 2.45. The molecular formula is C25H18O8. The van der Waals surface area contributed by atoms with Crippen molar-refractivity contribution in [2.24, 2.45) is 0 Å². The zero-order chi connectivity index (χ0) is 23.1. The number of carbonyl (C=O) groups is 2. The number of methoxy groups -OCH3 is 2. The second-order valence-corrected chi connectivity index (χ2v) is 7.44. The zero-order valence-corrected chi connectivity index (χ0v) is 17.7. The molecule has 166 valence electrons. The average Bonchev–Trinajstić information content (AvgIpc) is 3.49. The first-order valence-corrected chi connectivity index (χ1v) is 10.1. The summed E-state index contributed by atoms with van der Waals surface area (Å²) in [5, 5.41) is 0.577. The molecule has 0 unspecified atom stereocenters. The molecular weight excluding hydrogens is 428 g/mol. The Morgan fingerprint density at radius 1 is 0.879 bits per heavy atom. The fourth-order valence-electron chi connectivity index (χ4n) is 4.03. The third kappa shape index (κ3) is 3.36. The molecule has 1 aliphatic rings. The minimum Gasteiger partial charge on any atom is -0.476 e. The van der Waals surface area contributed by atoms with Crippen LogP contribution < -0.4 is 10.4 Å². The van der Waals surface area contributed by atoms with E-state index in [1.807, 2.05) is 0 Å². The van der Waals surface area contributed by atoms with E-state index in [-0.39, 0.29) is 11.3 Å². The first kappa shape index (κ1) is 20.6. The zero-order valence-electron chi connectivity index (χ0n) is 17.7. The number of ether oxygens (including phenoxy) is 3. The SMILES string of the molecule is COC(=O)c1ccc(-c2ccc([C@H]3c4c(c5ccccc5oc4=O)O[C@@H]3C(=O)OC)o2)cc1. The van der Waals surface area contributed by atoms with Crippen LogP contribution in [0.4, 0.5) is 0 Å². The molecule has 1 aliphatic heterocycles. The Balaban J connectivity index is 1.59. The number of rotatable bonds is 4. The Labute approximate surface area is 187 Å². The number of furan rings is 1. The van der Waals surface area contributed by atoms with Gasteiger partial charge in [-0.1, -0.05) is 24.3 Å². The molecule has 0 saturated carbocycles. The van der Waals surface area contributed by atoms with E-state index in [9.17, 15) is 14.4 Å². The lowest BCUT2D eigenvalue weighted by atomic mass is 9.93. The van der Waals surface area contributed by atoms with Gasteiger partial charge in [-0.2, -0.15) is 0 Å². The van der Waals surface area contributed by atoms with Crippen LogP contribution in [0.5, 0.6) is 5.75 Å². The number of esters is 2. The van der Waals surface area contributed by atoms with Gasteiger partial charge < -0.3 is 23.0 Å². The number of carbonyl (C=O) groups excluding carboxylic acids is 2. The van der Waals surface area contributed by atoms with Crippen LogP contribution in [-0.4, -0.2) is 32.3 Å². The fraction of sp³-hybridized carbons (Fsp3) is 0.160. The van der Waals surface area contributed by atoms with Gasteiger partial charge in [-0.15, -0.1) is 0 Å². The molecule has 5 rings (SSSR count). The molecule has 0 bridgehead atoms. The van der Waals surface area contributed by atoms with Crippen molar-refractivity contribution in [2.75, 3.05) is 14.2 Å². The number of hydrogen-bond donors (Lipinski definition) is 0. The van der Waals surface area contributed by atoms with Crippen molar-refractivity contribution in [2.45, 2.75) is 12.0 Å². The lowest BCUT2D eigenvalue weighted by molar-refractivity contribution is -0.148. The maximum Gasteiger partial charge on any atom is 0.348 e. The van der Waals surface area contributed by atoms with Crippen molar-refractivity contribution in [1.29, 1.82) is 0 Å². The smallest absolute Gasteiger partial charge is 0.348 e. The van der Waals surface area contributed by atoms with Crippen molar-refractivity contribution in [1.82, 2.24) is 0 Å². The summed E-state index contributed by atoms with van der Waals surface area (Å²) >= 11 is 0. The molecule has 2 aromatic heterocycles. The van der Waals surface area contributed by atoms with Gasteiger partial charge in [0, 0.05) is 5.56 Å². The molecule has 0 radical (unpaired) electrons. The summed E-state index contributed by atoms with van der Waals surface area (Å²) in [4.78, 5) is 37.1. The van der Waals surface area contributed by atoms with E-state index in [1.165, 1.54) is 14.2 Å². The Morgan fingerprint density at radius 2 is 1.64 bits per heavy atom. The number of hydrogen-bond acceptors (Lipinski definition) is 8. The molecule has 0 aliphatic carbocycles. The summed E-state index contributed by atoms with van der Waals surface area (Å²) < 4.78 is 27.1. The third-order valence-corrected chi connectivity index (χ3v) is 5.61. The Kier molecular flexibility index (Phi) is 4.97. The van der Waals surface area contributed by atoms with Crippen LogP contribution in [-0.2, 0) is 14.3 Å². The van der Waals surface area contributed by atoms with Gasteiger partial charge in [0.1, 0.15) is 28.8 Å². The van der Waals surface area contributed by atoms with Gasteiger partial charge >= 0.3 is 17.6 Å². The molecule has 8 nitrogen and oxygen atoms in total. The number of benzene rings is 2. The third-order valence-electron chi connectivity index (χ3n) is 5.61. The first-order valence-electron chi connectivity index (χ1n) is 10.1. The second-order valence-electron chi connectivity index (χ2n) is 7.44. The standard InChI is InChI=1S/C25H18O8/c1-29-23(26)14-9-7-13(8-10-14)16-11-12-18(31-16)19-20-21(33-22(19)25(28)30-2)15-5-3-4-6-17(15)32-24(20)27/h3-12,19,22H,1-2H3/t19-,22-/m0/s1. The molecule has 0 amide bonds. The quantitative estimate of drug-likeness (QED) is 0.343. The predicted octanol–water partition coefficient (Wildman–Crippen LogP) is 3.91. The van der Waals surface area contributed by atoms with Gasteiger partial charge in [0.05, 0.1) is 30.7 Å². The molecule has 0 spiro atoms. The highest BCUT2D eigenvalue weighted by molar-refractivity contribution is 5.90. The van der Waals surface area contributed by atoms with Gasteiger partial charge in [0.15, 0.2) is 0 Å². The predicted molar refractivity (Wildman–Crippen MR) is 116 cm³/mol. The highest BCUT2D eigenvalue weighted by Gasteiger charge is 2.46.